The van der Waals surface area contributed by atoms with E-state index in [-0.39, 0.29) is 17.9 Å². The summed E-state index contributed by atoms with van der Waals surface area (Å²) < 4.78 is 13.7. The number of halogens is 2. The summed E-state index contributed by atoms with van der Waals surface area (Å²) in [7, 11) is 0. The summed E-state index contributed by atoms with van der Waals surface area (Å²) in [5.74, 6) is -0.302. The fourth-order valence-corrected chi connectivity index (χ4v) is 1.95. The van der Waals surface area contributed by atoms with Crippen molar-refractivity contribution in [1.29, 1.82) is 0 Å². The van der Waals surface area contributed by atoms with E-state index in [1.807, 2.05) is 0 Å². The molecule has 1 heterocycles. The third-order valence-corrected chi connectivity index (χ3v) is 2.83. The van der Waals surface area contributed by atoms with Gasteiger partial charge in [0.2, 0.25) is 0 Å². The van der Waals surface area contributed by atoms with Crippen molar-refractivity contribution in [3.8, 4) is 0 Å². The first kappa shape index (κ1) is 9.45. The molecule has 2 amide bonds. The summed E-state index contributed by atoms with van der Waals surface area (Å²) >= 11 is 3.31. The van der Waals surface area contributed by atoms with Gasteiger partial charge >= 0.3 is 6.03 Å². The molecule has 3 nitrogen and oxygen atoms in total. The zero-order valence-electron chi connectivity index (χ0n) is 7.18. The van der Waals surface area contributed by atoms with Crippen molar-refractivity contribution in [3.05, 3.63) is 34.1 Å². The summed E-state index contributed by atoms with van der Waals surface area (Å²) in [4.78, 5) is 10.9. The molecule has 0 unspecified atom stereocenters. The SMILES string of the molecule is O=C1NC[C@H](c2cc(F)ccc2Br)N1. The molecule has 0 radical (unpaired) electrons. The minimum Gasteiger partial charge on any atom is -0.336 e. The number of carbonyl (C=O) groups excluding carboxylic acids is 1. The maximum absolute atomic E-state index is 12.9. The Labute approximate surface area is 88.8 Å². The third-order valence-electron chi connectivity index (χ3n) is 2.11. The van der Waals surface area contributed by atoms with Crippen LogP contribution in [-0.2, 0) is 0 Å². The van der Waals surface area contributed by atoms with E-state index < -0.39 is 0 Å². The van der Waals surface area contributed by atoms with Gasteiger partial charge < -0.3 is 10.6 Å². The molecule has 1 aliphatic heterocycles. The van der Waals surface area contributed by atoms with Crippen molar-refractivity contribution in [1.82, 2.24) is 10.6 Å². The summed E-state index contributed by atoms with van der Waals surface area (Å²) in [6.45, 7) is 0.487. The van der Waals surface area contributed by atoms with Crippen LogP contribution in [0.25, 0.3) is 0 Å². The van der Waals surface area contributed by atoms with Gasteiger partial charge in [-0.2, -0.15) is 0 Å². The Kier molecular flexibility index (Phi) is 2.41. The maximum Gasteiger partial charge on any atom is 0.315 e. The fraction of sp³-hybridized carbons (Fsp3) is 0.222. The first-order valence-corrected chi connectivity index (χ1v) is 4.95. The van der Waals surface area contributed by atoms with Gasteiger partial charge in [-0.1, -0.05) is 15.9 Å². The molecule has 0 aliphatic carbocycles. The molecular formula is C9H8BrFN2O. The lowest BCUT2D eigenvalue weighted by atomic mass is 10.1. The number of hydrogen-bond donors (Lipinski definition) is 2. The number of nitrogens with one attached hydrogen (secondary N) is 2. The predicted molar refractivity (Wildman–Crippen MR) is 53.4 cm³/mol. The Morgan fingerprint density at radius 3 is 2.93 bits per heavy atom. The highest BCUT2D eigenvalue weighted by Crippen LogP contribution is 2.25. The van der Waals surface area contributed by atoms with Gasteiger partial charge in [0.15, 0.2) is 0 Å². The molecule has 0 spiro atoms. The highest BCUT2D eigenvalue weighted by Gasteiger charge is 2.23. The van der Waals surface area contributed by atoms with Crippen LogP contribution in [0.15, 0.2) is 22.7 Å². The van der Waals surface area contributed by atoms with E-state index in [9.17, 15) is 9.18 Å². The molecule has 5 heteroatoms. The molecule has 2 rings (SSSR count). The monoisotopic (exact) mass is 258 g/mol. The van der Waals surface area contributed by atoms with Crippen LogP contribution in [0, 0.1) is 5.82 Å². The minimum atomic E-state index is -0.302. The van der Waals surface area contributed by atoms with Crippen LogP contribution in [0.1, 0.15) is 11.6 Å². The minimum absolute atomic E-state index is 0.160. The maximum atomic E-state index is 12.9. The van der Waals surface area contributed by atoms with Crippen LogP contribution < -0.4 is 10.6 Å². The Morgan fingerprint density at radius 1 is 1.50 bits per heavy atom. The van der Waals surface area contributed by atoms with Crippen molar-refractivity contribution in [2.45, 2.75) is 6.04 Å². The Balaban J connectivity index is 2.31. The molecule has 0 aromatic heterocycles. The van der Waals surface area contributed by atoms with Crippen LogP contribution in [0.2, 0.25) is 0 Å². The predicted octanol–water partition coefficient (Wildman–Crippen LogP) is 1.94. The lowest BCUT2D eigenvalue weighted by Gasteiger charge is -2.10. The van der Waals surface area contributed by atoms with Crippen LogP contribution in [0.3, 0.4) is 0 Å². The second kappa shape index (κ2) is 3.57. The van der Waals surface area contributed by atoms with E-state index >= 15 is 0 Å². The van der Waals surface area contributed by atoms with Gasteiger partial charge in [0, 0.05) is 11.0 Å². The second-order valence-corrected chi connectivity index (χ2v) is 3.93. The first-order valence-electron chi connectivity index (χ1n) is 4.16. The van der Waals surface area contributed by atoms with Gasteiger partial charge in [-0.05, 0) is 23.8 Å². The normalized spacial score (nSPS) is 20.4. The molecule has 1 aromatic rings. The van der Waals surface area contributed by atoms with E-state index in [0.717, 1.165) is 10.0 Å². The van der Waals surface area contributed by atoms with E-state index in [1.165, 1.54) is 12.1 Å². The largest absolute Gasteiger partial charge is 0.336 e. The van der Waals surface area contributed by atoms with Crippen LogP contribution in [-0.4, -0.2) is 12.6 Å². The van der Waals surface area contributed by atoms with Crippen molar-refractivity contribution < 1.29 is 9.18 Å². The van der Waals surface area contributed by atoms with Crippen LogP contribution in [0.5, 0.6) is 0 Å². The quantitative estimate of drug-likeness (QED) is 0.795. The molecule has 1 aliphatic rings. The van der Waals surface area contributed by atoms with Gasteiger partial charge in [0.25, 0.3) is 0 Å². The number of hydrogen-bond acceptors (Lipinski definition) is 1. The topological polar surface area (TPSA) is 41.1 Å². The summed E-state index contributed by atoms with van der Waals surface area (Å²) in [6.07, 6.45) is 0. The number of benzene rings is 1. The Morgan fingerprint density at radius 2 is 2.29 bits per heavy atom. The standard InChI is InChI=1S/C9H8BrFN2O/c10-7-2-1-5(11)3-6(7)8-4-12-9(14)13-8/h1-3,8H,4H2,(H2,12,13,14)/t8-/m1/s1. The van der Waals surface area contributed by atoms with Gasteiger partial charge in [-0.3, -0.25) is 0 Å². The summed E-state index contributed by atoms with van der Waals surface area (Å²) in [5.41, 5.74) is 0.753. The molecule has 14 heavy (non-hydrogen) atoms. The molecule has 1 atom stereocenters. The smallest absolute Gasteiger partial charge is 0.315 e. The number of urea groups is 1. The van der Waals surface area contributed by atoms with E-state index in [1.54, 1.807) is 6.07 Å². The lowest BCUT2D eigenvalue weighted by Crippen LogP contribution is -2.21. The first-order chi connectivity index (χ1) is 6.66. The lowest BCUT2D eigenvalue weighted by molar-refractivity contribution is 0.247. The fourth-order valence-electron chi connectivity index (χ4n) is 1.42. The van der Waals surface area contributed by atoms with Gasteiger partial charge in [0.05, 0.1) is 6.04 Å². The third kappa shape index (κ3) is 1.72. The van der Waals surface area contributed by atoms with Crippen molar-refractivity contribution in [2.24, 2.45) is 0 Å². The van der Waals surface area contributed by atoms with E-state index in [2.05, 4.69) is 26.6 Å². The Bertz CT molecular complexity index is 383. The molecule has 2 N–H and O–H groups in total. The van der Waals surface area contributed by atoms with Gasteiger partial charge in [0.1, 0.15) is 5.82 Å². The zero-order chi connectivity index (χ0) is 10.1. The number of rotatable bonds is 1. The molecule has 1 aromatic carbocycles. The molecule has 1 saturated heterocycles. The summed E-state index contributed by atoms with van der Waals surface area (Å²) in [5, 5.41) is 5.31. The van der Waals surface area contributed by atoms with Crippen molar-refractivity contribution in [2.75, 3.05) is 6.54 Å². The molecule has 74 valence electrons. The average Bonchev–Trinajstić information content (AvgIpc) is 2.56. The van der Waals surface area contributed by atoms with Crippen molar-refractivity contribution in [3.63, 3.8) is 0 Å². The molecule has 1 fully saturated rings. The van der Waals surface area contributed by atoms with Crippen LogP contribution >= 0.6 is 15.9 Å². The molecule has 0 saturated carbocycles. The number of carbonyl (C=O) groups is 1. The van der Waals surface area contributed by atoms with Crippen LogP contribution in [0.4, 0.5) is 9.18 Å². The highest BCUT2D eigenvalue weighted by molar-refractivity contribution is 9.10. The van der Waals surface area contributed by atoms with Gasteiger partial charge in [-0.25, -0.2) is 9.18 Å². The zero-order valence-corrected chi connectivity index (χ0v) is 8.77. The molecule has 0 bridgehead atoms. The summed E-state index contributed by atoms with van der Waals surface area (Å²) in [6, 6.07) is 4.05. The number of amides is 2. The van der Waals surface area contributed by atoms with Gasteiger partial charge in [-0.15, -0.1) is 0 Å². The van der Waals surface area contributed by atoms with Crippen molar-refractivity contribution >= 4 is 22.0 Å². The van der Waals surface area contributed by atoms with E-state index in [4.69, 9.17) is 0 Å². The van der Waals surface area contributed by atoms with E-state index in [0.29, 0.717) is 6.54 Å². The highest BCUT2D eigenvalue weighted by atomic mass is 79.9. The second-order valence-electron chi connectivity index (χ2n) is 3.07. The Hall–Kier alpha value is -1.10. The average molecular weight is 259 g/mol. The molecular weight excluding hydrogens is 251 g/mol.